The van der Waals surface area contributed by atoms with Gasteiger partial charge in [0.15, 0.2) is 11.6 Å². The minimum absolute atomic E-state index is 0.140. The topological polar surface area (TPSA) is 55.6 Å². The van der Waals surface area contributed by atoms with Gasteiger partial charge < -0.3 is 10.1 Å². The summed E-state index contributed by atoms with van der Waals surface area (Å²) in [5.41, 5.74) is 1.30. The fraction of sp³-hybridized carbons (Fsp3) is 0.0435. The van der Waals surface area contributed by atoms with Gasteiger partial charge in [-0.05, 0) is 47.2 Å². The van der Waals surface area contributed by atoms with Crippen LogP contribution in [-0.4, -0.2) is 21.9 Å². The standard InChI is InChI=1S/C23H16FN3O2S/c24-18-8-5-16(6-9-18)21-22(27-11-12-30-23(27)26-21)25-20(28)14-29-19-10-7-15-3-1-2-4-17(15)13-19/h1-13H,14H2,(H,25,28). The monoisotopic (exact) mass is 417 g/mol. The molecule has 0 bridgehead atoms. The van der Waals surface area contributed by atoms with Crippen LogP contribution in [0, 0.1) is 5.82 Å². The molecule has 5 aromatic rings. The van der Waals surface area contributed by atoms with E-state index < -0.39 is 0 Å². The summed E-state index contributed by atoms with van der Waals surface area (Å²) in [5, 5.41) is 6.93. The van der Waals surface area contributed by atoms with E-state index in [0.29, 0.717) is 17.3 Å². The van der Waals surface area contributed by atoms with E-state index in [1.165, 1.54) is 23.5 Å². The van der Waals surface area contributed by atoms with Crippen LogP contribution in [0.3, 0.4) is 0 Å². The van der Waals surface area contributed by atoms with E-state index >= 15 is 0 Å². The first-order chi connectivity index (χ1) is 14.7. The van der Waals surface area contributed by atoms with Gasteiger partial charge in [0.1, 0.15) is 23.1 Å². The van der Waals surface area contributed by atoms with Crippen molar-refractivity contribution in [2.45, 2.75) is 0 Å². The van der Waals surface area contributed by atoms with Gasteiger partial charge >= 0.3 is 0 Å². The van der Waals surface area contributed by atoms with Crippen LogP contribution in [0.1, 0.15) is 0 Å². The lowest BCUT2D eigenvalue weighted by Crippen LogP contribution is -2.21. The Balaban J connectivity index is 1.36. The molecule has 148 valence electrons. The first-order valence-corrected chi connectivity index (χ1v) is 10.2. The molecule has 0 unspecified atom stereocenters. The number of amides is 1. The summed E-state index contributed by atoms with van der Waals surface area (Å²) in [6.07, 6.45) is 1.83. The van der Waals surface area contributed by atoms with Crippen molar-refractivity contribution < 1.29 is 13.9 Å². The Morgan fingerprint density at radius 2 is 1.87 bits per heavy atom. The molecular weight excluding hydrogens is 401 g/mol. The quantitative estimate of drug-likeness (QED) is 0.418. The molecule has 2 aromatic heterocycles. The molecule has 7 heteroatoms. The van der Waals surface area contributed by atoms with Crippen molar-refractivity contribution in [3.8, 4) is 17.0 Å². The number of aromatic nitrogens is 2. The number of carbonyl (C=O) groups is 1. The smallest absolute Gasteiger partial charge is 0.263 e. The zero-order valence-corrected chi connectivity index (χ0v) is 16.5. The highest BCUT2D eigenvalue weighted by Crippen LogP contribution is 2.31. The maximum absolute atomic E-state index is 13.3. The van der Waals surface area contributed by atoms with Crippen LogP contribution in [0.5, 0.6) is 5.75 Å². The number of rotatable bonds is 5. The Kier molecular flexibility index (Phi) is 4.65. The van der Waals surface area contributed by atoms with Crippen molar-refractivity contribution in [1.82, 2.24) is 9.38 Å². The second-order valence-electron chi connectivity index (χ2n) is 6.72. The fourth-order valence-corrected chi connectivity index (χ4v) is 4.00. The molecule has 1 N–H and O–H groups in total. The average molecular weight is 417 g/mol. The summed E-state index contributed by atoms with van der Waals surface area (Å²) in [6.45, 7) is -0.140. The highest BCUT2D eigenvalue weighted by molar-refractivity contribution is 7.15. The van der Waals surface area contributed by atoms with Crippen molar-refractivity contribution in [3.63, 3.8) is 0 Å². The number of imidazole rings is 1. The second kappa shape index (κ2) is 7.61. The van der Waals surface area contributed by atoms with Crippen LogP contribution in [-0.2, 0) is 4.79 Å². The normalized spacial score (nSPS) is 11.1. The molecule has 0 fully saturated rings. The molecule has 3 aromatic carbocycles. The Morgan fingerprint density at radius 1 is 1.07 bits per heavy atom. The van der Waals surface area contributed by atoms with Crippen molar-refractivity contribution in [2.24, 2.45) is 0 Å². The Bertz CT molecular complexity index is 1360. The number of nitrogens with one attached hydrogen (secondary N) is 1. The van der Waals surface area contributed by atoms with E-state index in [2.05, 4.69) is 10.3 Å². The predicted octanol–water partition coefficient (Wildman–Crippen LogP) is 5.37. The third-order valence-electron chi connectivity index (χ3n) is 4.73. The summed E-state index contributed by atoms with van der Waals surface area (Å²) in [6, 6.07) is 19.7. The largest absolute Gasteiger partial charge is 0.484 e. The molecule has 0 radical (unpaired) electrons. The van der Waals surface area contributed by atoms with Crippen molar-refractivity contribution in [1.29, 1.82) is 0 Å². The molecule has 0 aliphatic carbocycles. The molecule has 0 spiro atoms. The second-order valence-corrected chi connectivity index (χ2v) is 7.59. The van der Waals surface area contributed by atoms with E-state index in [-0.39, 0.29) is 18.3 Å². The van der Waals surface area contributed by atoms with Gasteiger partial charge in [0.25, 0.3) is 5.91 Å². The minimum Gasteiger partial charge on any atom is -0.484 e. The highest BCUT2D eigenvalue weighted by Gasteiger charge is 2.17. The lowest BCUT2D eigenvalue weighted by molar-refractivity contribution is -0.118. The number of fused-ring (bicyclic) bond motifs is 2. The lowest BCUT2D eigenvalue weighted by Gasteiger charge is -2.09. The molecule has 1 amide bonds. The van der Waals surface area contributed by atoms with Gasteiger partial charge in [0, 0.05) is 17.1 Å². The molecule has 5 rings (SSSR count). The van der Waals surface area contributed by atoms with E-state index in [1.54, 1.807) is 16.5 Å². The van der Waals surface area contributed by atoms with Gasteiger partial charge in [0.05, 0.1) is 0 Å². The van der Waals surface area contributed by atoms with Gasteiger partial charge in [-0.15, -0.1) is 11.3 Å². The fourth-order valence-electron chi connectivity index (χ4n) is 3.29. The Labute approximate surface area is 175 Å². The molecule has 0 saturated heterocycles. The molecule has 0 aliphatic heterocycles. The maximum atomic E-state index is 13.3. The number of hydrogen-bond donors (Lipinski definition) is 1. The molecule has 0 saturated carbocycles. The predicted molar refractivity (Wildman–Crippen MR) is 117 cm³/mol. The number of nitrogens with zero attached hydrogens (tertiary/aromatic N) is 2. The summed E-state index contributed by atoms with van der Waals surface area (Å²) in [7, 11) is 0. The SMILES string of the molecule is O=C(COc1ccc2ccccc2c1)Nc1c(-c2ccc(F)cc2)nc2sccn12. The zero-order valence-electron chi connectivity index (χ0n) is 15.7. The van der Waals surface area contributed by atoms with Crippen LogP contribution < -0.4 is 10.1 Å². The van der Waals surface area contributed by atoms with Gasteiger partial charge in [-0.1, -0.05) is 30.3 Å². The first-order valence-electron chi connectivity index (χ1n) is 9.30. The van der Waals surface area contributed by atoms with Gasteiger partial charge in [-0.3, -0.25) is 9.20 Å². The summed E-state index contributed by atoms with van der Waals surface area (Å²) in [5.74, 6) is 0.523. The number of carbonyl (C=O) groups excluding carboxylic acids is 1. The maximum Gasteiger partial charge on any atom is 0.263 e. The summed E-state index contributed by atoms with van der Waals surface area (Å²) >= 11 is 1.45. The zero-order chi connectivity index (χ0) is 20.5. The van der Waals surface area contributed by atoms with Crippen LogP contribution in [0.25, 0.3) is 27.0 Å². The lowest BCUT2D eigenvalue weighted by atomic mass is 10.1. The van der Waals surface area contributed by atoms with Crippen molar-refractivity contribution in [2.75, 3.05) is 11.9 Å². The van der Waals surface area contributed by atoms with Gasteiger partial charge in [-0.2, -0.15) is 0 Å². The highest BCUT2D eigenvalue weighted by atomic mass is 32.1. The van der Waals surface area contributed by atoms with Crippen LogP contribution >= 0.6 is 11.3 Å². The number of benzene rings is 3. The van der Waals surface area contributed by atoms with Gasteiger partial charge in [0.2, 0.25) is 0 Å². The molecule has 2 heterocycles. The number of thiazole rings is 1. The van der Waals surface area contributed by atoms with Crippen LogP contribution in [0.2, 0.25) is 0 Å². The van der Waals surface area contributed by atoms with E-state index in [1.807, 2.05) is 54.0 Å². The summed E-state index contributed by atoms with van der Waals surface area (Å²) in [4.78, 5) is 17.9. The number of ether oxygens (including phenoxy) is 1. The van der Waals surface area contributed by atoms with Crippen molar-refractivity contribution >= 4 is 38.8 Å². The Morgan fingerprint density at radius 3 is 2.70 bits per heavy atom. The van der Waals surface area contributed by atoms with Gasteiger partial charge in [-0.25, -0.2) is 9.37 Å². The number of halogens is 1. The van der Waals surface area contributed by atoms with E-state index in [4.69, 9.17) is 4.74 Å². The number of anilines is 1. The first kappa shape index (κ1) is 18.3. The van der Waals surface area contributed by atoms with Crippen molar-refractivity contribution in [3.05, 3.63) is 84.1 Å². The summed E-state index contributed by atoms with van der Waals surface area (Å²) < 4.78 is 20.8. The average Bonchev–Trinajstić information content (AvgIpc) is 3.35. The number of hydrogen-bond acceptors (Lipinski definition) is 4. The molecule has 5 nitrogen and oxygen atoms in total. The van der Waals surface area contributed by atoms with Crippen LogP contribution in [0.4, 0.5) is 10.2 Å². The van der Waals surface area contributed by atoms with E-state index in [9.17, 15) is 9.18 Å². The Hall–Kier alpha value is -3.71. The third kappa shape index (κ3) is 3.51. The van der Waals surface area contributed by atoms with E-state index in [0.717, 1.165) is 21.3 Å². The molecular formula is C23H16FN3O2S. The molecule has 0 atom stereocenters. The molecule has 0 aliphatic rings. The third-order valence-corrected chi connectivity index (χ3v) is 5.49. The molecule has 30 heavy (non-hydrogen) atoms. The minimum atomic E-state index is -0.325. The van der Waals surface area contributed by atoms with Crippen LogP contribution in [0.15, 0.2) is 78.3 Å².